The molecule has 1 aromatic heterocycles. The van der Waals surface area contributed by atoms with Gasteiger partial charge in [0, 0.05) is 59.7 Å². The van der Waals surface area contributed by atoms with Crippen LogP contribution in [0.5, 0.6) is 0 Å². The van der Waals surface area contributed by atoms with Gasteiger partial charge in [0.05, 0.1) is 0 Å². The molecule has 0 saturated carbocycles. The molecular weight excluding hydrogens is 433 g/mol. The second kappa shape index (κ2) is 9.27. The lowest BCUT2D eigenvalue weighted by atomic mass is 10.1. The van der Waals surface area contributed by atoms with Crippen LogP contribution in [0.2, 0.25) is 10.0 Å². The topological polar surface area (TPSA) is 56.4 Å². The SMILES string of the molecule is Cc1[nH]c(-c2ccccc2)cc1C(=O)C(=O)N1CCN(Cc2ccc(Cl)cc2Cl)CC1. The number of hydrogen-bond donors (Lipinski definition) is 1. The number of aryl methyl sites for hydroxylation is 1. The van der Waals surface area contributed by atoms with E-state index in [9.17, 15) is 9.59 Å². The number of halogens is 2. The molecule has 7 heteroatoms. The van der Waals surface area contributed by atoms with E-state index in [1.807, 2.05) is 49.4 Å². The molecule has 0 aliphatic carbocycles. The first-order valence-corrected chi connectivity index (χ1v) is 10.9. The van der Waals surface area contributed by atoms with E-state index < -0.39 is 11.7 Å². The van der Waals surface area contributed by atoms with Crippen LogP contribution in [0.1, 0.15) is 21.6 Å². The molecule has 160 valence electrons. The van der Waals surface area contributed by atoms with Gasteiger partial charge in [0.15, 0.2) is 0 Å². The van der Waals surface area contributed by atoms with Crippen molar-refractivity contribution in [2.24, 2.45) is 0 Å². The molecule has 1 saturated heterocycles. The Kier molecular flexibility index (Phi) is 6.46. The number of benzene rings is 2. The second-order valence-electron chi connectivity index (χ2n) is 7.72. The second-order valence-corrected chi connectivity index (χ2v) is 8.56. The maximum atomic E-state index is 12.9. The zero-order valence-electron chi connectivity index (χ0n) is 17.2. The van der Waals surface area contributed by atoms with Crippen LogP contribution in [0, 0.1) is 6.92 Å². The number of H-pyrrole nitrogens is 1. The molecule has 1 amide bonds. The first-order chi connectivity index (χ1) is 14.9. The fourth-order valence-corrected chi connectivity index (χ4v) is 4.29. The third-order valence-electron chi connectivity index (χ3n) is 5.61. The van der Waals surface area contributed by atoms with Crippen LogP contribution in [0.15, 0.2) is 54.6 Å². The lowest BCUT2D eigenvalue weighted by Gasteiger charge is -2.34. The molecule has 3 aromatic rings. The Hall–Kier alpha value is -2.60. The van der Waals surface area contributed by atoms with Crippen molar-refractivity contribution in [3.63, 3.8) is 0 Å². The van der Waals surface area contributed by atoms with Gasteiger partial charge in [-0.25, -0.2) is 0 Å². The first-order valence-electron chi connectivity index (χ1n) is 10.2. The minimum Gasteiger partial charge on any atom is -0.358 e. The standard InChI is InChI=1S/C24H23Cl2N3O2/c1-16-20(14-22(27-16)17-5-3-2-4-6-17)23(30)24(31)29-11-9-28(10-12-29)15-18-7-8-19(25)13-21(18)26/h2-8,13-14,27H,9-12,15H2,1H3. The average molecular weight is 456 g/mol. The summed E-state index contributed by atoms with van der Waals surface area (Å²) in [6.07, 6.45) is 0. The Morgan fingerprint density at radius 1 is 0.968 bits per heavy atom. The van der Waals surface area contributed by atoms with Gasteiger partial charge in [0.1, 0.15) is 0 Å². The molecule has 1 aliphatic rings. The van der Waals surface area contributed by atoms with E-state index in [0.717, 1.165) is 16.8 Å². The van der Waals surface area contributed by atoms with Crippen LogP contribution in [0.3, 0.4) is 0 Å². The van der Waals surface area contributed by atoms with Crippen LogP contribution < -0.4 is 0 Å². The number of nitrogens with zero attached hydrogens (tertiary/aromatic N) is 2. The minimum absolute atomic E-state index is 0.430. The third-order valence-corrected chi connectivity index (χ3v) is 6.19. The Labute approximate surface area is 191 Å². The number of carbonyl (C=O) groups is 2. The molecule has 2 aromatic carbocycles. The molecule has 1 N–H and O–H groups in total. The van der Waals surface area contributed by atoms with Crippen LogP contribution in [0.4, 0.5) is 0 Å². The van der Waals surface area contributed by atoms with Gasteiger partial charge in [-0.3, -0.25) is 14.5 Å². The number of aromatic amines is 1. The lowest BCUT2D eigenvalue weighted by molar-refractivity contribution is -0.128. The fourth-order valence-electron chi connectivity index (χ4n) is 3.83. The van der Waals surface area contributed by atoms with Crippen LogP contribution in [0.25, 0.3) is 11.3 Å². The smallest absolute Gasteiger partial charge is 0.295 e. The molecule has 0 radical (unpaired) electrons. The highest BCUT2D eigenvalue weighted by molar-refractivity contribution is 6.43. The molecule has 1 fully saturated rings. The van der Waals surface area contributed by atoms with Crippen molar-refractivity contribution in [1.29, 1.82) is 0 Å². The van der Waals surface area contributed by atoms with Crippen molar-refractivity contribution in [3.05, 3.63) is 81.5 Å². The molecule has 1 aliphatic heterocycles. The average Bonchev–Trinajstić information content (AvgIpc) is 3.17. The number of amides is 1. The summed E-state index contributed by atoms with van der Waals surface area (Å²) >= 11 is 12.2. The monoisotopic (exact) mass is 455 g/mol. The molecule has 5 nitrogen and oxygen atoms in total. The van der Waals surface area contributed by atoms with E-state index in [4.69, 9.17) is 23.2 Å². The van der Waals surface area contributed by atoms with Crippen molar-refractivity contribution in [2.45, 2.75) is 13.5 Å². The predicted octanol–water partition coefficient (Wildman–Crippen LogP) is 4.82. The Bertz CT molecular complexity index is 1100. The Morgan fingerprint density at radius 3 is 2.35 bits per heavy atom. The summed E-state index contributed by atoms with van der Waals surface area (Å²) in [6, 6.07) is 17.0. The molecule has 0 unspecified atom stereocenters. The summed E-state index contributed by atoms with van der Waals surface area (Å²) in [5, 5.41) is 1.25. The third kappa shape index (κ3) is 4.85. The summed E-state index contributed by atoms with van der Waals surface area (Å²) in [5.74, 6) is -0.920. The van der Waals surface area contributed by atoms with Gasteiger partial charge >= 0.3 is 0 Å². The highest BCUT2D eigenvalue weighted by atomic mass is 35.5. The largest absolute Gasteiger partial charge is 0.358 e. The summed E-state index contributed by atoms with van der Waals surface area (Å²) in [6.45, 7) is 4.87. The summed E-state index contributed by atoms with van der Waals surface area (Å²) in [5.41, 5.74) is 3.94. The van der Waals surface area contributed by atoms with Gasteiger partial charge in [-0.05, 0) is 36.2 Å². The summed E-state index contributed by atoms with van der Waals surface area (Å²) < 4.78 is 0. The molecule has 0 bridgehead atoms. The quantitative estimate of drug-likeness (QED) is 0.442. The Balaban J connectivity index is 1.38. The van der Waals surface area contributed by atoms with Crippen molar-refractivity contribution >= 4 is 34.9 Å². The van der Waals surface area contributed by atoms with E-state index in [1.54, 1.807) is 17.0 Å². The van der Waals surface area contributed by atoms with Gasteiger partial charge in [0.25, 0.3) is 11.7 Å². The highest BCUT2D eigenvalue weighted by Gasteiger charge is 2.28. The van der Waals surface area contributed by atoms with Gasteiger partial charge < -0.3 is 9.88 Å². The molecular formula is C24H23Cl2N3O2. The fraction of sp³-hybridized carbons (Fsp3) is 0.250. The van der Waals surface area contributed by atoms with E-state index in [1.165, 1.54) is 0 Å². The number of carbonyl (C=O) groups excluding carboxylic acids is 2. The van der Waals surface area contributed by atoms with Crippen LogP contribution >= 0.6 is 23.2 Å². The number of nitrogens with one attached hydrogen (secondary N) is 1. The molecule has 0 atom stereocenters. The number of piperazine rings is 1. The van der Waals surface area contributed by atoms with Crippen LogP contribution in [-0.4, -0.2) is 52.7 Å². The van der Waals surface area contributed by atoms with Gasteiger partial charge in [-0.1, -0.05) is 59.6 Å². The summed E-state index contributed by atoms with van der Waals surface area (Å²) in [4.78, 5) is 32.8. The molecule has 31 heavy (non-hydrogen) atoms. The number of Topliss-reactive ketones (excluding diaryl/α,β-unsaturated/α-hetero) is 1. The van der Waals surface area contributed by atoms with Crippen molar-refractivity contribution in [1.82, 2.24) is 14.8 Å². The highest BCUT2D eigenvalue weighted by Crippen LogP contribution is 2.24. The number of hydrogen-bond acceptors (Lipinski definition) is 3. The number of ketones is 1. The zero-order valence-corrected chi connectivity index (χ0v) is 18.7. The summed E-state index contributed by atoms with van der Waals surface area (Å²) in [7, 11) is 0. The zero-order chi connectivity index (χ0) is 22.0. The predicted molar refractivity (Wildman–Crippen MR) is 124 cm³/mol. The maximum Gasteiger partial charge on any atom is 0.295 e. The van der Waals surface area contributed by atoms with Crippen LogP contribution in [-0.2, 0) is 11.3 Å². The number of aromatic nitrogens is 1. The van der Waals surface area contributed by atoms with E-state index in [0.29, 0.717) is 54.0 Å². The minimum atomic E-state index is -0.467. The van der Waals surface area contributed by atoms with Crippen molar-refractivity contribution < 1.29 is 9.59 Å². The van der Waals surface area contributed by atoms with Crippen molar-refractivity contribution in [3.8, 4) is 11.3 Å². The van der Waals surface area contributed by atoms with E-state index in [2.05, 4.69) is 9.88 Å². The molecule has 2 heterocycles. The van der Waals surface area contributed by atoms with E-state index in [-0.39, 0.29) is 0 Å². The normalized spacial score (nSPS) is 14.6. The van der Waals surface area contributed by atoms with Gasteiger partial charge in [-0.15, -0.1) is 0 Å². The van der Waals surface area contributed by atoms with E-state index >= 15 is 0 Å². The lowest BCUT2D eigenvalue weighted by Crippen LogP contribution is -2.50. The Morgan fingerprint density at radius 2 is 1.68 bits per heavy atom. The first kappa shape index (κ1) is 21.6. The molecule has 0 spiro atoms. The maximum absolute atomic E-state index is 12.9. The van der Waals surface area contributed by atoms with Crippen molar-refractivity contribution in [2.75, 3.05) is 26.2 Å². The number of rotatable bonds is 5. The van der Waals surface area contributed by atoms with Gasteiger partial charge in [-0.2, -0.15) is 0 Å². The molecule has 4 rings (SSSR count). The van der Waals surface area contributed by atoms with Gasteiger partial charge in [0.2, 0.25) is 0 Å².